The number of nitrogens with zero attached hydrogens (tertiary/aromatic N) is 1. The van der Waals surface area contributed by atoms with E-state index in [4.69, 9.17) is 4.74 Å². The van der Waals surface area contributed by atoms with E-state index in [0.29, 0.717) is 31.3 Å². The van der Waals surface area contributed by atoms with Crippen LogP contribution in [0.15, 0.2) is 29.3 Å². The summed E-state index contributed by atoms with van der Waals surface area (Å²) in [5.41, 5.74) is 0.518. The van der Waals surface area contributed by atoms with Crippen molar-refractivity contribution in [1.29, 1.82) is 0 Å². The summed E-state index contributed by atoms with van der Waals surface area (Å²) in [5, 5.41) is 5.19. The van der Waals surface area contributed by atoms with Crippen molar-refractivity contribution in [3.63, 3.8) is 0 Å². The third kappa shape index (κ3) is 3.81. The van der Waals surface area contributed by atoms with E-state index in [0.717, 1.165) is 6.42 Å². The second-order valence-corrected chi connectivity index (χ2v) is 3.82. The Hall–Kier alpha value is -1.95. The summed E-state index contributed by atoms with van der Waals surface area (Å²) >= 11 is 0. The average molecular weight is 251 g/mol. The number of carbonyl (C=O) groups excluding carboxylic acids is 1. The molecule has 5 nitrogen and oxygen atoms in total. The predicted octanol–water partition coefficient (Wildman–Crippen LogP) is 1.77. The maximum atomic E-state index is 12.7. The highest BCUT2D eigenvalue weighted by Crippen LogP contribution is 2.07. The minimum Gasteiger partial charge on any atom is -0.373 e. The van der Waals surface area contributed by atoms with Crippen molar-refractivity contribution in [3.05, 3.63) is 30.1 Å². The predicted molar refractivity (Wildman–Crippen MR) is 66.3 cm³/mol. The first-order valence-electron chi connectivity index (χ1n) is 5.69. The van der Waals surface area contributed by atoms with E-state index in [9.17, 15) is 9.18 Å². The maximum Gasteiger partial charge on any atom is 0.324 e. The first kappa shape index (κ1) is 12.5. The lowest BCUT2D eigenvalue weighted by Crippen LogP contribution is -2.36. The molecule has 1 heterocycles. The molecule has 0 unspecified atom stereocenters. The third-order valence-electron chi connectivity index (χ3n) is 2.35. The van der Waals surface area contributed by atoms with Crippen molar-refractivity contribution >= 4 is 17.6 Å². The molecule has 2 rings (SSSR count). The Morgan fingerprint density at radius 2 is 2.06 bits per heavy atom. The number of nitrogens with one attached hydrogen (secondary N) is 2. The molecule has 0 spiro atoms. The third-order valence-corrected chi connectivity index (χ3v) is 2.35. The quantitative estimate of drug-likeness (QED) is 0.799. The molecule has 18 heavy (non-hydrogen) atoms. The van der Waals surface area contributed by atoms with Crippen LogP contribution in [0.3, 0.4) is 0 Å². The molecule has 1 aromatic rings. The van der Waals surface area contributed by atoms with Gasteiger partial charge in [0.05, 0.1) is 0 Å². The molecular formula is C12H14FN3O2. The standard InChI is InChI=1S/C12H14FN3O2/c13-9-2-4-10(5-3-9)15-12(17)16-11-8-18-7-1-6-14-11/h2-5H,1,6-8H2,(H2,14,15,16,17). The van der Waals surface area contributed by atoms with Crippen LogP contribution in [-0.2, 0) is 4.74 Å². The lowest BCUT2D eigenvalue weighted by molar-refractivity contribution is 0.174. The first-order valence-corrected chi connectivity index (χ1v) is 5.69. The second kappa shape index (κ2) is 6.11. The Morgan fingerprint density at radius 1 is 1.28 bits per heavy atom. The topological polar surface area (TPSA) is 62.7 Å². The fourth-order valence-electron chi connectivity index (χ4n) is 1.50. The Bertz CT molecular complexity index is 445. The number of ether oxygens (including phenoxy) is 1. The molecule has 2 amide bonds. The number of amides is 2. The van der Waals surface area contributed by atoms with Crippen molar-refractivity contribution in [1.82, 2.24) is 5.32 Å². The van der Waals surface area contributed by atoms with E-state index in [1.165, 1.54) is 24.3 Å². The molecule has 1 aliphatic rings. The number of urea groups is 1. The van der Waals surface area contributed by atoms with Gasteiger partial charge in [0.1, 0.15) is 18.3 Å². The summed E-state index contributed by atoms with van der Waals surface area (Å²) in [6, 6.07) is 5.12. The average Bonchev–Trinajstić information content (AvgIpc) is 2.61. The zero-order valence-electron chi connectivity index (χ0n) is 9.78. The van der Waals surface area contributed by atoms with Crippen molar-refractivity contribution in [3.8, 4) is 0 Å². The minimum absolute atomic E-state index is 0.302. The number of hydrogen-bond donors (Lipinski definition) is 2. The van der Waals surface area contributed by atoms with E-state index >= 15 is 0 Å². The number of aliphatic imine (C=N–C) groups is 1. The Kier molecular flexibility index (Phi) is 4.25. The van der Waals surface area contributed by atoms with Crippen molar-refractivity contribution < 1.29 is 13.9 Å². The molecular weight excluding hydrogens is 237 g/mol. The highest BCUT2D eigenvalue weighted by atomic mass is 19.1. The molecule has 0 bridgehead atoms. The van der Waals surface area contributed by atoms with Gasteiger partial charge in [0, 0.05) is 18.8 Å². The largest absolute Gasteiger partial charge is 0.373 e. The molecule has 0 saturated heterocycles. The highest BCUT2D eigenvalue weighted by Gasteiger charge is 2.08. The lowest BCUT2D eigenvalue weighted by atomic mass is 10.3. The molecule has 0 aliphatic carbocycles. The van der Waals surface area contributed by atoms with Crippen molar-refractivity contribution in [2.24, 2.45) is 4.99 Å². The number of anilines is 1. The fourth-order valence-corrected chi connectivity index (χ4v) is 1.50. The lowest BCUT2D eigenvalue weighted by Gasteiger charge is -2.08. The maximum absolute atomic E-state index is 12.7. The van der Waals surface area contributed by atoms with Crippen LogP contribution in [-0.4, -0.2) is 31.6 Å². The van der Waals surface area contributed by atoms with Gasteiger partial charge in [-0.25, -0.2) is 9.18 Å². The molecule has 1 aromatic carbocycles. The molecule has 96 valence electrons. The molecule has 0 fully saturated rings. The van der Waals surface area contributed by atoms with E-state index in [1.54, 1.807) is 0 Å². The van der Waals surface area contributed by atoms with E-state index < -0.39 is 6.03 Å². The summed E-state index contributed by atoms with van der Waals surface area (Å²) in [4.78, 5) is 15.8. The van der Waals surface area contributed by atoms with Crippen LogP contribution in [0.4, 0.5) is 14.9 Å². The number of hydrogen-bond acceptors (Lipinski definition) is 3. The normalized spacial score (nSPS) is 15.5. The Labute approximate surface area is 104 Å². The van der Waals surface area contributed by atoms with E-state index in [-0.39, 0.29) is 5.82 Å². The first-order chi connectivity index (χ1) is 8.74. The number of halogens is 1. The monoisotopic (exact) mass is 251 g/mol. The van der Waals surface area contributed by atoms with Gasteiger partial charge in [-0.15, -0.1) is 0 Å². The van der Waals surface area contributed by atoms with Crippen LogP contribution in [0, 0.1) is 5.82 Å². The van der Waals surface area contributed by atoms with Gasteiger partial charge >= 0.3 is 6.03 Å². The smallest absolute Gasteiger partial charge is 0.324 e. The van der Waals surface area contributed by atoms with Crippen LogP contribution in [0.25, 0.3) is 0 Å². The van der Waals surface area contributed by atoms with Crippen LogP contribution < -0.4 is 10.6 Å². The SMILES string of the molecule is O=C(NC1=NCCCOC1)Nc1ccc(F)cc1. The number of amidine groups is 1. The van der Waals surface area contributed by atoms with Gasteiger partial charge in [0.25, 0.3) is 0 Å². The van der Waals surface area contributed by atoms with Crippen molar-refractivity contribution in [2.75, 3.05) is 25.1 Å². The van der Waals surface area contributed by atoms with Gasteiger partial charge in [-0.1, -0.05) is 0 Å². The van der Waals surface area contributed by atoms with Gasteiger partial charge in [-0.3, -0.25) is 10.3 Å². The fraction of sp³-hybridized carbons (Fsp3) is 0.333. The van der Waals surface area contributed by atoms with Gasteiger partial charge in [-0.05, 0) is 30.7 Å². The summed E-state index contributed by atoms with van der Waals surface area (Å²) in [5.74, 6) is 0.162. The van der Waals surface area contributed by atoms with Crippen molar-refractivity contribution in [2.45, 2.75) is 6.42 Å². The second-order valence-electron chi connectivity index (χ2n) is 3.82. The Morgan fingerprint density at radius 3 is 2.83 bits per heavy atom. The number of rotatable bonds is 1. The zero-order chi connectivity index (χ0) is 12.8. The Balaban J connectivity index is 1.88. The summed E-state index contributed by atoms with van der Waals surface area (Å²) in [6.07, 6.45) is 0.852. The molecule has 0 saturated carbocycles. The van der Waals surface area contributed by atoms with Crippen LogP contribution in [0.2, 0.25) is 0 Å². The minimum atomic E-state index is -0.411. The van der Waals surface area contributed by atoms with Gasteiger partial charge in [0.15, 0.2) is 0 Å². The molecule has 1 aliphatic heterocycles. The zero-order valence-corrected chi connectivity index (χ0v) is 9.78. The summed E-state index contributed by atoms with van der Waals surface area (Å²) in [6.45, 7) is 1.59. The summed E-state index contributed by atoms with van der Waals surface area (Å²) < 4.78 is 17.9. The van der Waals surface area contributed by atoms with Crippen LogP contribution in [0.5, 0.6) is 0 Å². The van der Waals surface area contributed by atoms with Crippen LogP contribution >= 0.6 is 0 Å². The molecule has 0 atom stereocenters. The van der Waals surface area contributed by atoms with Crippen LogP contribution in [0.1, 0.15) is 6.42 Å². The van der Waals surface area contributed by atoms with Gasteiger partial charge in [-0.2, -0.15) is 0 Å². The van der Waals surface area contributed by atoms with Gasteiger partial charge in [0.2, 0.25) is 0 Å². The van der Waals surface area contributed by atoms with E-state index in [1.807, 2.05) is 0 Å². The highest BCUT2D eigenvalue weighted by molar-refractivity contribution is 6.03. The molecule has 0 aromatic heterocycles. The number of benzene rings is 1. The molecule has 2 N–H and O–H groups in total. The summed E-state index contributed by atoms with van der Waals surface area (Å²) in [7, 11) is 0. The molecule has 6 heteroatoms. The van der Waals surface area contributed by atoms with Gasteiger partial charge < -0.3 is 10.1 Å². The van der Waals surface area contributed by atoms with E-state index in [2.05, 4.69) is 15.6 Å². The number of carbonyl (C=O) groups is 1. The molecule has 0 radical (unpaired) electrons.